The van der Waals surface area contributed by atoms with Crippen LogP contribution in [0.5, 0.6) is 0 Å². The lowest BCUT2D eigenvalue weighted by Gasteiger charge is -2.35. The van der Waals surface area contributed by atoms with E-state index in [0.717, 1.165) is 0 Å². The van der Waals surface area contributed by atoms with Crippen LogP contribution < -0.4 is 5.73 Å². The molecule has 1 aromatic heterocycles. The van der Waals surface area contributed by atoms with Crippen molar-refractivity contribution in [3.8, 4) is 0 Å². The van der Waals surface area contributed by atoms with E-state index in [1.165, 1.54) is 29.6 Å². The van der Waals surface area contributed by atoms with Crippen molar-refractivity contribution in [2.75, 3.05) is 6.54 Å². The van der Waals surface area contributed by atoms with Crippen LogP contribution in [0.2, 0.25) is 0 Å². The molecule has 2 heterocycles. The molecule has 0 aliphatic carbocycles. The van der Waals surface area contributed by atoms with Gasteiger partial charge in [-0.2, -0.15) is 0 Å². The monoisotopic (exact) mass is 328 g/mol. The van der Waals surface area contributed by atoms with E-state index in [-0.39, 0.29) is 17.9 Å². The van der Waals surface area contributed by atoms with Gasteiger partial charge in [-0.05, 0) is 24.5 Å². The Kier molecular flexibility index (Phi) is 4.24. The highest BCUT2D eigenvalue weighted by Gasteiger charge is 2.51. The number of aromatic nitrogens is 2. The molecule has 0 radical (unpaired) electrons. The Bertz CT molecular complexity index is 768. The second kappa shape index (κ2) is 6.35. The Morgan fingerprint density at radius 3 is 2.75 bits per heavy atom. The minimum atomic E-state index is -1.32. The lowest BCUT2D eigenvalue weighted by Crippen LogP contribution is -2.54. The lowest BCUT2D eigenvalue weighted by atomic mass is 9.90. The van der Waals surface area contributed by atoms with Crippen LogP contribution in [0.3, 0.4) is 0 Å². The van der Waals surface area contributed by atoms with Gasteiger partial charge in [-0.3, -0.25) is 19.6 Å². The molecule has 0 saturated carbocycles. The summed E-state index contributed by atoms with van der Waals surface area (Å²) in [7, 11) is 0. The predicted octanol–water partition coefficient (Wildman–Crippen LogP) is 1.16. The Balaban J connectivity index is 1.95. The summed E-state index contributed by atoms with van der Waals surface area (Å²) in [6, 6.07) is 6.08. The highest BCUT2D eigenvalue weighted by molar-refractivity contribution is 5.92. The van der Waals surface area contributed by atoms with Crippen molar-refractivity contribution in [2.45, 2.75) is 24.8 Å². The summed E-state index contributed by atoms with van der Waals surface area (Å²) in [6.07, 6.45) is 5.24. The van der Waals surface area contributed by atoms with E-state index in [1.807, 2.05) is 0 Å². The number of rotatable bonds is 4. The fraction of sp³-hybridized carbons (Fsp3) is 0.294. The van der Waals surface area contributed by atoms with Gasteiger partial charge in [0, 0.05) is 18.9 Å². The average molecular weight is 328 g/mol. The summed E-state index contributed by atoms with van der Waals surface area (Å²) in [5.41, 5.74) is 4.95. The van der Waals surface area contributed by atoms with Gasteiger partial charge in [-0.1, -0.05) is 18.2 Å². The summed E-state index contributed by atoms with van der Waals surface area (Å²) in [4.78, 5) is 34.6. The van der Waals surface area contributed by atoms with Crippen LogP contribution in [0.25, 0.3) is 0 Å². The maximum Gasteiger partial charge on any atom is 0.249 e. The fourth-order valence-electron chi connectivity index (χ4n) is 3.22. The van der Waals surface area contributed by atoms with Crippen molar-refractivity contribution in [3.05, 3.63) is 59.9 Å². The number of nitrogens with zero attached hydrogens (tertiary/aromatic N) is 3. The molecule has 124 valence electrons. The molecule has 2 N–H and O–H groups in total. The van der Waals surface area contributed by atoms with Gasteiger partial charge < -0.3 is 10.6 Å². The predicted molar refractivity (Wildman–Crippen MR) is 84.0 cm³/mol. The molecule has 24 heavy (non-hydrogen) atoms. The lowest BCUT2D eigenvalue weighted by molar-refractivity contribution is -0.144. The standard InChI is InChI=1S/C17H17FN4O2/c18-13-5-2-1-4-12(13)10-15(23)22-9-3-6-17(22,16(19)24)14-11-20-7-8-21-14/h1-2,4-5,7-8,11H,3,6,9-10H2,(H2,19,24)/t17-/m1/s1. The molecule has 2 amide bonds. The van der Waals surface area contributed by atoms with Gasteiger partial charge in [0.2, 0.25) is 11.8 Å². The van der Waals surface area contributed by atoms with E-state index in [1.54, 1.807) is 18.2 Å². The Morgan fingerprint density at radius 1 is 1.29 bits per heavy atom. The molecule has 0 unspecified atom stereocenters. The van der Waals surface area contributed by atoms with Crippen LogP contribution in [-0.4, -0.2) is 33.2 Å². The zero-order valence-corrected chi connectivity index (χ0v) is 13.0. The van der Waals surface area contributed by atoms with Crippen LogP contribution in [0.4, 0.5) is 4.39 Å². The molecule has 6 nitrogen and oxygen atoms in total. The van der Waals surface area contributed by atoms with Crippen LogP contribution >= 0.6 is 0 Å². The molecule has 0 spiro atoms. The largest absolute Gasteiger partial charge is 0.367 e. The van der Waals surface area contributed by atoms with Crippen molar-refractivity contribution in [1.82, 2.24) is 14.9 Å². The van der Waals surface area contributed by atoms with E-state index < -0.39 is 17.3 Å². The van der Waals surface area contributed by atoms with Gasteiger partial charge in [0.05, 0.1) is 18.3 Å². The van der Waals surface area contributed by atoms with Gasteiger partial charge in [0.25, 0.3) is 0 Å². The minimum Gasteiger partial charge on any atom is -0.367 e. The first-order chi connectivity index (χ1) is 11.6. The number of hydrogen-bond acceptors (Lipinski definition) is 4. The van der Waals surface area contributed by atoms with E-state index in [2.05, 4.69) is 9.97 Å². The molecule has 3 rings (SSSR count). The summed E-state index contributed by atoms with van der Waals surface area (Å²) in [6.45, 7) is 0.368. The van der Waals surface area contributed by atoms with Crippen LogP contribution in [0, 0.1) is 5.82 Å². The summed E-state index contributed by atoms with van der Waals surface area (Å²) in [5.74, 6) is -1.46. The minimum absolute atomic E-state index is 0.137. The first kappa shape index (κ1) is 16.0. The van der Waals surface area contributed by atoms with Gasteiger partial charge in [0.15, 0.2) is 5.54 Å². The molecule has 1 atom stereocenters. The van der Waals surface area contributed by atoms with Gasteiger partial charge in [0.1, 0.15) is 5.82 Å². The van der Waals surface area contributed by atoms with Crippen molar-refractivity contribution in [2.24, 2.45) is 5.73 Å². The normalized spacial score (nSPS) is 20.1. The quantitative estimate of drug-likeness (QED) is 0.912. The van der Waals surface area contributed by atoms with E-state index in [9.17, 15) is 14.0 Å². The summed E-state index contributed by atoms with van der Waals surface area (Å²) >= 11 is 0. The van der Waals surface area contributed by atoms with E-state index in [0.29, 0.717) is 25.1 Å². The van der Waals surface area contributed by atoms with Crippen LogP contribution in [-0.2, 0) is 21.5 Å². The number of hydrogen-bond donors (Lipinski definition) is 1. The molecule has 1 fully saturated rings. The van der Waals surface area contributed by atoms with Crippen molar-refractivity contribution >= 4 is 11.8 Å². The number of nitrogens with two attached hydrogens (primary N) is 1. The van der Waals surface area contributed by atoms with Crippen molar-refractivity contribution in [1.29, 1.82) is 0 Å². The second-order valence-corrected chi connectivity index (χ2v) is 5.73. The maximum atomic E-state index is 13.8. The smallest absolute Gasteiger partial charge is 0.249 e. The van der Waals surface area contributed by atoms with E-state index >= 15 is 0 Å². The zero-order valence-electron chi connectivity index (χ0n) is 13.0. The summed E-state index contributed by atoms with van der Waals surface area (Å²) < 4.78 is 13.8. The van der Waals surface area contributed by atoms with Crippen molar-refractivity contribution in [3.63, 3.8) is 0 Å². The molecule has 1 aromatic carbocycles. The summed E-state index contributed by atoms with van der Waals surface area (Å²) in [5, 5.41) is 0. The third-order valence-corrected chi connectivity index (χ3v) is 4.38. The highest BCUT2D eigenvalue weighted by Crippen LogP contribution is 2.38. The Labute approximate surface area is 138 Å². The molecule has 1 saturated heterocycles. The number of carbonyl (C=O) groups is 2. The van der Waals surface area contributed by atoms with Gasteiger partial charge in [-0.25, -0.2) is 4.39 Å². The molecule has 1 aliphatic rings. The maximum absolute atomic E-state index is 13.8. The van der Waals surface area contributed by atoms with Crippen LogP contribution in [0.1, 0.15) is 24.1 Å². The third-order valence-electron chi connectivity index (χ3n) is 4.38. The Morgan fingerprint density at radius 2 is 2.08 bits per heavy atom. The molecule has 7 heteroatoms. The van der Waals surface area contributed by atoms with Gasteiger partial charge in [-0.15, -0.1) is 0 Å². The first-order valence-electron chi connectivity index (χ1n) is 7.66. The number of primary amides is 1. The molecule has 0 bridgehead atoms. The topological polar surface area (TPSA) is 89.2 Å². The number of halogens is 1. The van der Waals surface area contributed by atoms with Crippen LogP contribution in [0.15, 0.2) is 42.9 Å². The number of amides is 2. The fourth-order valence-corrected chi connectivity index (χ4v) is 3.22. The second-order valence-electron chi connectivity index (χ2n) is 5.73. The molecule has 2 aromatic rings. The molecular formula is C17H17FN4O2. The Hall–Kier alpha value is -2.83. The van der Waals surface area contributed by atoms with Gasteiger partial charge >= 0.3 is 0 Å². The third kappa shape index (κ3) is 2.62. The number of carbonyl (C=O) groups excluding carboxylic acids is 2. The van der Waals surface area contributed by atoms with Crippen molar-refractivity contribution < 1.29 is 14.0 Å². The zero-order chi connectivity index (χ0) is 17.2. The highest BCUT2D eigenvalue weighted by atomic mass is 19.1. The van der Waals surface area contributed by atoms with E-state index in [4.69, 9.17) is 5.73 Å². The molecule has 1 aliphatic heterocycles. The number of likely N-dealkylation sites (tertiary alicyclic amines) is 1. The molecular weight excluding hydrogens is 311 g/mol. The SMILES string of the molecule is NC(=O)[C@]1(c2cnccn2)CCCN1C(=O)Cc1ccccc1F. The average Bonchev–Trinajstić information content (AvgIpc) is 3.04. The number of benzene rings is 1. The first-order valence-corrected chi connectivity index (χ1v) is 7.66.